The first-order chi connectivity index (χ1) is 5.69. The number of halogens is 2. The molecule has 0 unspecified atom stereocenters. The summed E-state index contributed by atoms with van der Waals surface area (Å²) in [4.78, 5) is 11.1. The van der Waals surface area contributed by atoms with Crippen LogP contribution in [0.3, 0.4) is 0 Å². The minimum Gasteiger partial charge on any atom is -0.465 e. The minimum absolute atomic E-state index is 0.365. The summed E-state index contributed by atoms with van der Waals surface area (Å²) in [7, 11) is 1.35. The van der Waals surface area contributed by atoms with Crippen molar-refractivity contribution < 1.29 is 13.9 Å². The maximum Gasteiger partial charge on any atom is 0.341 e. The molecule has 1 rings (SSSR count). The SMILES string of the molecule is COC(=O)c1cc(I)oc1CBr. The molecule has 12 heavy (non-hydrogen) atoms. The third-order valence-electron chi connectivity index (χ3n) is 1.31. The second-order valence-electron chi connectivity index (χ2n) is 2.01. The highest BCUT2D eigenvalue weighted by molar-refractivity contribution is 14.1. The molecule has 0 radical (unpaired) electrons. The van der Waals surface area contributed by atoms with Crippen molar-refractivity contribution >= 4 is 44.5 Å². The Morgan fingerprint density at radius 2 is 2.50 bits per heavy atom. The summed E-state index contributed by atoms with van der Waals surface area (Å²) in [6.07, 6.45) is 0. The van der Waals surface area contributed by atoms with E-state index in [9.17, 15) is 4.79 Å². The van der Waals surface area contributed by atoms with Gasteiger partial charge in [-0.3, -0.25) is 0 Å². The van der Waals surface area contributed by atoms with Crippen LogP contribution in [0.5, 0.6) is 0 Å². The van der Waals surface area contributed by atoms with Crippen molar-refractivity contribution in [3.05, 3.63) is 21.2 Å². The Morgan fingerprint density at radius 3 is 3.00 bits per heavy atom. The van der Waals surface area contributed by atoms with Gasteiger partial charge in [0.1, 0.15) is 11.3 Å². The molecular weight excluding hydrogens is 339 g/mol. The molecule has 0 aliphatic rings. The number of alkyl halides is 1. The number of rotatable bonds is 2. The molecule has 0 spiro atoms. The lowest BCUT2D eigenvalue weighted by Gasteiger charge is -1.95. The molecule has 1 aromatic heterocycles. The third-order valence-corrected chi connectivity index (χ3v) is 2.35. The van der Waals surface area contributed by atoms with Gasteiger partial charge in [0.15, 0.2) is 3.77 Å². The zero-order valence-corrected chi connectivity index (χ0v) is 10.0. The molecule has 0 saturated heterocycles. The van der Waals surface area contributed by atoms with Crippen molar-refractivity contribution in [3.63, 3.8) is 0 Å². The minimum atomic E-state index is -0.365. The molecule has 0 fully saturated rings. The number of esters is 1. The van der Waals surface area contributed by atoms with Gasteiger partial charge in [0.25, 0.3) is 0 Å². The average Bonchev–Trinajstić information content (AvgIpc) is 2.45. The van der Waals surface area contributed by atoms with E-state index in [2.05, 4.69) is 20.7 Å². The largest absolute Gasteiger partial charge is 0.465 e. The van der Waals surface area contributed by atoms with Crippen LogP contribution in [0.2, 0.25) is 0 Å². The Balaban J connectivity index is 3.04. The molecule has 0 atom stereocenters. The number of hydrogen-bond donors (Lipinski definition) is 0. The van der Waals surface area contributed by atoms with Crippen LogP contribution in [0, 0.1) is 3.77 Å². The first-order valence-electron chi connectivity index (χ1n) is 3.11. The Hall–Kier alpha value is -0.0400. The van der Waals surface area contributed by atoms with Crippen molar-refractivity contribution in [2.45, 2.75) is 5.33 Å². The van der Waals surface area contributed by atoms with Crippen LogP contribution in [-0.2, 0) is 10.1 Å². The third kappa shape index (κ3) is 2.01. The van der Waals surface area contributed by atoms with E-state index in [0.29, 0.717) is 20.4 Å². The van der Waals surface area contributed by atoms with Gasteiger partial charge in [-0.2, -0.15) is 0 Å². The number of furan rings is 1. The number of carbonyl (C=O) groups is 1. The van der Waals surface area contributed by atoms with Crippen molar-refractivity contribution in [1.82, 2.24) is 0 Å². The van der Waals surface area contributed by atoms with Crippen LogP contribution in [0.15, 0.2) is 10.5 Å². The second-order valence-corrected chi connectivity index (χ2v) is 3.64. The van der Waals surface area contributed by atoms with Gasteiger partial charge in [0, 0.05) is 6.07 Å². The van der Waals surface area contributed by atoms with Gasteiger partial charge in [-0.25, -0.2) is 4.79 Å². The molecular formula is C7H6BrIO3. The lowest BCUT2D eigenvalue weighted by atomic mass is 10.3. The number of ether oxygens (including phenoxy) is 1. The highest BCUT2D eigenvalue weighted by Gasteiger charge is 2.16. The predicted molar refractivity (Wildman–Crippen MR) is 55.4 cm³/mol. The zero-order valence-electron chi connectivity index (χ0n) is 6.27. The fourth-order valence-electron chi connectivity index (χ4n) is 0.778. The molecule has 1 heterocycles. The highest BCUT2D eigenvalue weighted by Crippen LogP contribution is 2.20. The molecule has 0 N–H and O–H groups in total. The molecule has 3 nitrogen and oxygen atoms in total. The number of methoxy groups -OCH3 is 1. The molecule has 1 aromatic rings. The molecule has 5 heteroatoms. The highest BCUT2D eigenvalue weighted by atomic mass is 127. The van der Waals surface area contributed by atoms with E-state index in [1.54, 1.807) is 6.07 Å². The van der Waals surface area contributed by atoms with Gasteiger partial charge >= 0.3 is 5.97 Å². The lowest BCUT2D eigenvalue weighted by molar-refractivity contribution is 0.0598. The summed E-state index contributed by atoms with van der Waals surface area (Å²) < 4.78 is 10.5. The predicted octanol–water partition coefficient (Wildman–Crippen LogP) is 2.57. The number of carbonyl (C=O) groups excluding carboxylic acids is 1. The van der Waals surface area contributed by atoms with Crippen molar-refractivity contribution in [2.24, 2.45) is 0 Å². The molecule has 0 saturated carbocycles. The van der Waals surface area contributed by atoms with Crippen molar-refractivity contribution in [2.75, 3.05) is 7.11 Å². The van der Waals surface area contributed by atoms with Gasteiger partial charge in [-0.15, -0.1) is 0 Å². The van der Waals surface area contributed by atoms with Gasteiger partial charge in [-0.05, 0) is 22.6 Å². The van der Waals surface area contributed by atoms with Crippen molar-refractivity contribution in [3.8, 4) is 0 Å². The lowest BCUT2D eigenvalue weighted by Crippen LogP contribution is -2.01. The summed E-state index contributed by atoms with van der Waals surface area (Å²) >= 11 is 5.22. The Bertz CT molecular complexity index is 295. The van der Waals surface area contributed by atoms with Gasteiger partial charge in [-0.1, -0.05) is 15.9 Å². The van der Waals surface area contributed by atoms with E-state index in [1.165, 1.54) is 7.11 Å². The summed E-state index contributed by atoms with van der Waals surface area (Å²) in [5.74, 6) is 0.238. The fourth-order valence-corrected chi connectivity index (χ4v) is 1.77. The summed E-state index contributed by atoms with van der Waals surface area (Å²) in [5, 5.41) is 0.514. The van der Waals surface area contributed by atoms with Crippen molar-refractivity contribution in [1.29, 1.82) is 0 Å². The topological polar surface area (TPSA) is 39.4 Å². The Morgan fingerprint density at radius 1 is 1.83 bits per heavy atom. The van der Waals surface area contributed by atoms with E-state index in [4.69, 9.17) is 4.42 Å². The van der Waals surface area contributed by atoms with Crippen LogP contribution in [0.25, 0.3) is 0 Å². The van der Waals surface area contributed by atoms with E-state index < -0.39 is 0 Å². The Labute approximate surface area is 91.7 Å². The Kier molecular flexibility index (Phi) is 3.57. The van der Waals surface area contributed by atoms with E-state index in [1.807, 2.05) is 22.6 Å². The molecule has 0 aliphatic heterocycles. The van der Waals surface area contributed by atoms with Crippen LogP contribution in [0.4, 0.5) is 0 Å². The van der Waals surface area contributed by atoms with Gasteiger partial charge < -0.3 is 9.15 Å². The standard InChI is InChI=1S/C7H6BrIO3/c1-11-7(10)4-2-6(9)12-5(4)3-8/h2H,3H2,1H3. The first-order valence-corrected chi connectivity index (χ1v) is 5.31. The summed E-state index contributed by atoms with van der Waals surface area (Å²) in [6, 6.07) is 1.66. The molecule has 0 bridgehead atoms. The maximum absolute atomic E-state index is 11.1. The zero-order chi connectivity index (χ0) is 9.14. The van der Waals surface area contributed by atoms with Crippen LogP contribution in [-0.4, -0.2) is 13.1 Å². The maximum atomic E-state index is 11.1. The smallest absolute Gasteiger partial charge is 0.341 e. The van der Waals surface area contributed by atoms with Gasteiger partial charge in [0.05, 0.1) is 12.4 Å². The quantitative estimate of drug-likeness (QED) is 0.470. The average molecular weight is 345 g/mol. The second kappa shape index (κ2) is 4.27. The van der Waals surface area contributed by atoms with Crippen LogP contribution in [0.1, 0.15) is 16.1 Å². The number of hydrogen-bond acceptors (Lipinski definition) is 3. The van der Waals surface area contributed by atoms with E-state index >= 15 is 0 Å². The van der Waals surface area contributed by atoms with E-state index in [0.717, 1.165) is 0 Å². The molecule has 0 aromatic carbocycles. The molecule has 66 valence electrons. The fraction of sp³-hybridized carbons (Fsp3) is 0.286. The van der Waals surface area contributed by atoms with E-state index in [-0.39, 0.29) is 5.97 Å². The summed E-state index contributed by atoms with van der Waals surface area (Å²) in [5.41, 5.74) is 0.485. The normalized spacial score (nSPS) is 9.92. The first kappa shape index (κ1) is 10.0. The molecule has 0 amide bonds. The monoisotopic (exact) mass is 344 g/mol. The molecule has 0 aliphatic carbocycles. The van der Waals surface area contributed by atoms with Crippen LogP contribution >= 0.6 is 38.5 Å². The van der Waals surface area contributed by atoms with Crippen LogP contribution < -0.4 is 0 Å². The van der Waals surface area contributed by atoms with Gasteiger partial charge in [0.2, 0.25) is 0 Å². The summed E-state index contributed by atoms with van der Waals surface area (Å²) in [6.45, 7) is 0.